The third-order valence-electron chi connectivity index (χ3n) is 2.32. The van der Waals surface area contributed by atoms with Gasteiger partial charge in [-0.2, -0.15) is 0 Å². The van der Waals surface area contributed by atoms with Crippen LogP contribution in [0.15, 0.2) is 0 Å². The molecule has 88 valence electrons. The minimum absolute atomic E-state index is 0.00270. The van der Waals surface area contributed by atoms with E-state index >= 15 is 0 Å². The van der Waals surface area contributed by atoms with Crippen LogP contribution in [0.4, 0.5) is 0 Å². The van der Waals surface area contributed by atoms with E-state index in [0.717, 1.165) is 0 Å². The second kappa shape index (κ2) is 5.70. The van der Waals surface area contributed by atoms with Gasteiger partial charge in [-0.05, 0) is 27.2 Å². The van der Waals surface area contributed by atoms with Gasteiger partial charge in [-0.15, -0.1) is 0 Å². The first kappa shape index (κ1) is 13.9. The number of aliphatic carboxylic acids is 1. The summed E-state index contributed by atoms with van der Waals surface area (Å²) in [7, 11) is 0. The zero-order chi connectivity index (χ0) is 12.1. The molecule has 0 aromatic rings. The summed E-state index contributed by atoms with van der Waals surface area (Å²) >= 11 is 0. The normalized spacial score (nSPS) is 11.2. The molecule has 0 atom stereocenters. The highest BCUT2D eigenvalue weighted by molar-refractivity contribution is 6.00. The molecule has 0 saturated heterocycles. The van der Waals surface area contributed by atoms with Crippen LogP contribution in [0.5, 0.6) is 0 Å². The molecular weight excluding hydrogens is 198 g/mol. The predicted molar refractivity (Wildman–Crippen MR) is 55.4 cm³/mol. The van der Waals surface area contributed by atoms with E-state index in [2.05, 4.69) is 0 Å². The fourth-order valence-corrected chi connectivity index (χ4v) is 1.15. The number of carboxylic acid groups (broad SMARTS) is 1. The molecule has 0 aromatic carbocycles. The summed E-state index contributed by atoms with van der Waals surface area (Å²) in [5.41, 5.74) is -1.40. The van der Waals surface area contributed by atoms with Crippen molar-refractivity contribution in [2.24, 2.45) is 5.41 Å². The molecule has 0 aliphatic carbocycles. The number of carboxylic acids is 1. The minimum atomic E-state index is -1.40. The molecular formula is C10H19NO4. The van der Waals surface area contributed by atoms with Gasteiger partial charge in [0.25, 0.3) is 0 Å². The van der Waals surface area contributed by atoms with Gasteiger partial charge in [-0.1, -0.05) is 0 Å². The molecule has 0 aliphatic rings. The molecule has 0 heterocycles. The number of hydrogen-bond acceptors (Lipinski definition) is 3. The summed E-state index contributed by atoms with van der Waals surface area (Å²) in [5.74, 6) is -1.54. The van der Waals surface area contributed by atoms with Crippen LogP contribution in [0.3, 0.4) is 0 Å². The van der Waals surface area contributed by atoms with E-state index in [1.165, 1.54) is 18.7 Å². The number of rotatable bonds is 6. The van der Waals surface area contributed by atoms with Crippen LogP contribution >= 0.6 is 0 Å². The first-order valence-electron chi connectivity index (χ1n) is 5.01. The Hall–Kier alpha value is -1.10. The van der Waals surface area contributed by atoms with E-state index in [1.807, 2.05) is 0 Å². The first-order valence-corrected chi connectivity index (χ1v) is 5.01. The summed E-state index contributed by atoms with van der Waals surface area (Å²) in [6.07, 6.45) is 0.468. The van der Waals surface area contributed by atoms with E-state index in [-0.39, 0.29) is 6.61 Å². The van der Waals surface area contributed by atoms with E-state index < -0.39 is 17.3 Å². The number of amides is 1. The molecule has 0 bridgehead atoms. The zero-order valence-corrected chi connectivity index (χ0v) is 9.49. The Morgan fingerprint density at radius 1 is 1.33 bits per heavy atom. The Kier molecular flexibility index (Phi) is 5.28. The maximum Gasteiger partial charge on any atom is 0.318 e. The monoisotopic (exact) mass is 217 g/mol. The van der Waals surface area contributed by atoms with Crippen molar-refractivity contribution in [3.8, 4) is 0 Å². The third kappa shape index (κ3) is 3.51. The quantitative estimate of drug-likeness (QED) is 0.628. The molecule has 5 nitrogen and oxygen atoms in total. The van der Waals surface area contributed by atoms with Crippen LogP contribution in [0.1, 0.15) is 27.2 Å². The first-order chi connectivity index (χ1) is 6.87. The third-order valence-corrected chi connectivity index (χ3v) is 2.32. The van der Waals surface area contributed by atoms with E-state index in [4.69, 9.17) is 10.2 Å². The van der Waals surface area contributed by atoms with Gasteiger partial charge in [0.1, 0.15) is 5.41 Å². The number of carbonyl (C=O) groups is 2. The van der Waals surface area contributed by atoms with Gasteiger partial charge in [0.05, 0.1) is 0 Å². The Morgan fingerprint density at radius 2 is 1.87 bits per heavy atom. The number of carbonyl (C=O) groups excluding carboxylic acids is 1. The van der Waals surface area contributed by atoms with Gasteiger partial charge in [0, 0.05) is 19.7 Å². The second-order valence-electron chi connectivity index (χ2n) is 3.89. The SMILES string of the molecule is CCN(CCCO)C(=O)C(C)(C)C(=O)O. The Morgan fingerprint density at radius 3 is 2.20 bits per heavy atom. The predicted octanol–water partition coefficient (Wildman–Crippen LogP) is 0.328. The Bertz CT molecular complexity index is 238. The number of hydrogen-bond donors (Lipinski definition) is 2. The van der Waals surface area contributed by atoms with Crippen LogP contribution in [-0.2, 0) is 9.59 Å². The molecule has 0 unspecified atom stereocenters. The average Bonchev–Trinajstić information content (AvgIpc) is 2.18. The van der Waals surface area contributed by atoms with Crippen LogP contribution in [0.2, 0.25) is 0 Å². The minimum Gasteiger partial charge on any atom is -0.480 e. The lowest BCUT2D eigenvalue weighted by molar-refractivity contribution is -0.158. The van der Waals surface area contributed by atoms with Gasteiger partial charge < -0.3 is 15.1 Å². The van der Waals surface area contributed by atoms with E-state index in [9.17, 15) is 9.59 Å². The van der Waals surface area contributed by atoms with Crippen LogP contribution in [-0.4, -0.2) is 46.7 Å². The maximum absolute atomic E-state index is 11.8. The fraction of sp³-hybridized carbons (Fsp3) is 0.800. The van der Waals surface area contributed by atoms with Crippen molar-refractivity contribution in [3.05, 3.63) is 0 Å². The number of nitrogens with zero attached hydrogens (tertiary/aromatic N) is 1. The summed E-state index contributed by atoms with van der Waals surface area (Å²) in [4.78, 5) is 24.1. The van der Waals surface area contributed by atoms with Gasteiger partial charge in [0.2, 0.25) is 5.91 Å². The summed E-state index contributed by atoms with van der Waals surface area (Å²) < 4.78 is 0. The zero-order valence-electron chi connectivity index (χ0n) is 9.49. The molecule has 1 amide bonds. The highest BCUT2D eigenvalue weighted by atomic mass is 16.4. The van der Waals surface area contributed by atoms with Gasteiger partial charge in [-0.25, -0.2) is 0 Å². The Labute approximate surface area is 89.7 Å². The standard InChI is InChI=1S/C10H19NO4/c1-4-11(6-5-7-12)8(13)10(2,3)9(14)15/h12H,4-7H2,1-3H3,(H,14,15). The van der Waals surface area contributed by atoms with Crippen molar-refractivity contribution in [3.63, 3.8) is 0 Å². The molecule has 0 spiro atoms. The van der Waals surface area contributed by atoms with Crippen molar-refractivity contribution in [1.29, 1.82) is 0 Å². The van der Waals surface area contributed by atoms with Crippen molar-refractivity contribution >= 4 is 11.9 Å². The Balaban J connectivity index is 4.57. The molecule has 0 aliphatic heterocycles. The molecule has 5 heteroatoms. The molecule has 0 fully saturated rings. The van der Waals surface area contributed by atoms with Gasteiger partial charge in [-0.3, -0.25) is 9.59 Å². The van der Waals surface area contributed by atoms with Crippen LogP contribution in [0.25, 0.3) is 0 Å². The molecule has 2 N–H and O–H groups in total. The lowest BCUT2D eigenvalue weighted by Gasteiger charge is -2.28. The molecule has 0 radical (unpaired) electrons. The maximum atomic E-state index is 11.8. The number of aliphatic hydroxyl groups excluding tert-OH is 1. The summed E-state index contributed by atoms with van der Waals surface area (Å²) in [6, 6.07) is 0. The smallest absolute Gasteiger partial charge is 0.318 e. The molecule has 0 rings (SSSR count). The lowest BCUT2D eigenvalue weighted by atomic mass is 9.92. The lowest BCUT2D eigenvalue weighted by Crippen LogP contribution is -2.45. The number of aliphatic hydroxyl groups is 1. The largest absolute Gasteiger partial charge is 0.480 e. The average molecular weight is 217 g/mol. The molecule has 0 saturated carbocycles. The van der Waals surface area contributed by atoms with E-state index in [1.54, 1.807) is 6.92 Å². The van der Waals surface area contributed by atoms with Crippen molar-refractivity contribution in [2.45, 2.75) is 27.2 Å². The van der Waals surface area contributed by atoms with Crippen LogP contribution in [0, 0.1) is 5.41 Å². The summed E-state index contributed by atoms with van der Waals surface area (Å²) in [6.45, 7) is 5.40. The highest BCUT2D eigenvalue weighted by Crippen LogP contribution is 2.19. The fourth-order valence-electron chi connectivity index (χ4n) is 1.15. The second-order valence-corrected chi connectivity index (χ2v) is 3.89. The van der Waals surface area contributed by atoms with Crippen LogP contribution < -0.4 is 0 Å². The van der Waals surface area contributed by atoms with Crippen molar-refractivity contribution < 1.29 is 19.8 Å². The van der Waals surface area contributed by atoms with Crippen molar-refractivity contribution in [1.82, 2.24) is 4.90 Å². The van der Waals surface area contributed by atoms with Crippen molar-refractivity contribution in [2.75, 3.05) is 19.7 Å². The molecule has 15 heavy (non-hydrogen) atoms. The summed E-state index contributed by atoms with van der Waals surface area (Å²) in [5, 5.41) is 17.5. The van der Waals surface area contributed by atoms with Gasteiger partial charge >= 0.3 is 5.97 Å². The topological polar surface area (TPSA) is 77.8 Å². The highest BCUT2D eigenvalue weighted by Gasteiger charge is 2.38. The van der Waals surface area contributed by atoms with E-state index in [0.29, 0.717) is 19.5 Å². The molecule has 0 aromatic heterocycles. The van der Waals surface area contributed by atoms with Gasteiger partial charge in [0.15, 0.2) is 0 Å².